The molecule has 0 spiro atoms. The molecule has 1 heterocycles. The SMILES string of the molecule is C[C@@H]1CC2=C(CC(C)(C)CC2=O)NC1=O. The Balaban J connectivity index is 2.34. The zero-order valence-electron chi connectivity index (χ0n) is 9.52. The molecule has 2 aliphatic rings. The number of carbonyl (C=O) groups excluding carboxylic acids is 2. The molecule has 82 valence electrons. The van der Waals surface area contributed by atoms with E-state index in [4.69, 9.17) is 0 Å². The number of carbonyl (C=O) groups is 2. The molecule has 0 saturated carbocycles. The number of allylic oxidation sites excluding steroid dienone is 2. The number of amides is 1. The highest BCUT2D eigenvalue weighted by atomic mass is 16.2. The van der Waals surface area contributed by atoms with E-state index in [2.05, 4.69) is 19.2 Å². The van der Waals surface area contributed by atoms with E-state index in [1.54, 1.807) is 0 Å². The summed E-state index contributed by atoms with van der Waals surface area (Å²) in [4.78, 5) is 23.4. The third-order valence-corrected chi connectivity index (χ3v) is 3.23. The van der Waals surface area contributed by atoms with Crippen LogP contribution in [0.15, 0.2) is 11.3 Å². The molecule has 3 nitrogen and oxygen atoms in total. The summed E-state index contributed by atoms with van der Waals surface area (Å²) >= 11 is 0. The summed E-state index contributed by atoms with van der Waals surface area (Å²) in [5, 5.41) is 2.87. The second-order valence-electron chi connectivity index (χ2n) is 5.49. The molecule has 1 atom stereocenters. The molecule has 0 radical (unpaired) electrons. The standard InChI is InChI=1S/C12H17NO2/c1-7-4-8-9(13-11(7)15)5-12(2,3)6-10(8)14/h7H,4-6H2,1-3H3,(H,13,15)/t7-/m1/s1. The first-order chi connectivity index (χ1) is 6.89. The molecule has 0 aromatic heterocycles. The minimum atomic E-state index is -0.0612. The van der Waals surface area contributed by atoms with Crippen LogP contribution >= 0.6 is 0 Å². The van der Waals surface area contributed by atoms with E-state index in [1.165, 1.54) is 0 Å². The molecule has 0 aromatic carbocycles. The van der Waals surface area contributed by atoms with Crippen LogP contribution in [0, 0.1) is 11.3 Å². The third-order valence-electron chi connectivity index (χ3n) is 3.23. The third kappa shape index (κ3) is 1.83. The Morgan fingerprint density at radius 1 is 1.27 bits per heavy atom. The van der Waals surface area contributed by atoms with Gasteiger partial charge in [0, 0.05) is 23.6 Å². The highest BCUT2D eigenvalue weighted by Gasteiger charge is 2.37. The minimum absolute atomic E-state index is 0.0101. The Bertz CT molecular complexity index is 366. The van der Waals surface area contributed by atoms with Crippen molar-refractivity contribution in [3.05, 3.63) is 11.3 Å². The number of Topliss-reactive ketones (excluding diaryl/α,β-unsaturated/α-hetero) is 1. The van der Waals surface area contributed by atoms with Crippen molar-refractivity contribution in [3.8, 4) is 0 Å². The fourth-order valence-corrected chi connectivity index (χ4v) is 2.38. The van der Waals surface area contributed by atoms with Gasteiger partial charge in [-0.3, -0.25) is 9.59 Å². The molecular formula is C12H17NO2. The van der Waals surface area contributed by atoms with Gasteiger partial charge in [0.2, 0.25) is 5.91 Å². The summed E-state index contributed by atoms with van der Waals surface area (Å²) < 4.78 is 0. The lowest BCUT2D eigenvalue weighted by atomic mass is 9.73. The van der Waals surface area contributed by atoms with Crippen molar-refractivity contribution in [2.75, 3.05) is 0 Å². The maximum atomic E-state index is 11.9. The van der Waals surface area contributed by atoms with E-state index in [0.717, 1.165) is 17.7 Å². The molecule has 0 saturated heterocycles. The Labute approximate surface area is 89.9 Å². The maximum Gasteiger partial charge on any atom is 0.227 e. The zero-order valence-corrected chi connectivity index (χ0v) is 9.52. The van der Waals surface area contributed by atoms with E-state index in [-0.39, 0.29) is 23.0 Å². The molecule has 0 bridgehead atoms. The summed E-state index contributed by atoms with van der Waals surface area (Å²) in [7, 11) is 0. The van der Waals surface area contributed by atoms with Gasteiger partial charge in [0.15, 0.2) is 5.78 Å². The van der Waals surface area contributed by atoms with Crippen molar-refractivity contribution in [2.24, 2.45) is 11.3 Å². The van der Waals surface area contributed by atoms with Crippen LogP contribution in [0.3, 0.4) is 0 Å². The molecule has 15 heavy (non-hydrogen) atoms. The lowest BCUT2D eigenvalue weighted by molar-refractivity contribution is -0.125. The van der Waals surface area contributed by atoms with Crippen LogP contribution in [0.2, 0.25) is 0 Å². The molecule has 2 rings (SSSR count). The quantitative estimate of drug-likeness (QED) is 0.658. The smallest absolute Gasteiger partial charge is 0.227 e. The average Bonchev–Trinajstić information content (AvgIpc) is 2.07. The summed E-state index contributed by atoms with van der Waals surface area (Å²) in [6.07, 6.45) is 2.04. The van der Waals surface area contributed by atoms with Crippen molar-refractivity contribution < 1.29 is 9.59 Å². The number of rotatable bonds is 0. The van der Waals surface area contributed by atoms with Crippen LogP contribution in [0.1, 0.15) is 40.0 Å². The lowest BCUT2D eigenvalue weighted by Crippen LogP contribution is -2.41. The lowest BCUT2D eigenvalue weighted by Gasteiger charge is -2.35. The van der Waals surface area contributed by atoms with Gasteiger partial charge in [-0.2, -0.15) is 0 Å². The first-order valence-corrected chi connectivity index (χ1v) is 5.45. The van der Waals surface area contributed by atoms with Crippen molar-refractivity contribution in [3.63, 3.8) is 0 Å². The average molecular weight is 207 g/mol. The van der Waals surface area contributed by atoms with Gasteiger partial charge in [-0.15, -0.1) is 0 Å². The van der Waals surface area contributed by atoms with E-state index in [0.29, 0.717) is 12.8 Å². The number of hydrogen-bond acceptors (Lipinski definition) is 2. The Hall–Kier alpha value is -1.12. The molecule has 1 aliphatic carbocycles. The van der Waals surface area contributed by atoms with Gasteiger partial charge in [0.05, 0.1) is 0 Å². The minimum Gasteiger partial charge on any atom is -0.329 e. The topological polar surface area (TPSA) is 46.2 Å². The van der Waals surface area contributed by atoms with Crippen molar-refractivity contribution >= 4 is 11.7 Å². The Kier molecular flexibility index (Phi) is 2.21. The molecule has 0 unspecified atom stereocenters. The predicted octanol–water partition coefficient (Wildman–Crippen LogP) is 1.79. The molecule has 0 fully saturated rings. The van der Waals surface area contributed by atoms with Gasteiger partial charge in [-0.1, -0.05) is 20.8 Å². The summed E-state index contributed by atoms with van der Waals surface area (Å²) in [6.45, 7) is 6.00. The van der Waals surface area contributed by atoms with Crippen LogP contribution in [0.5, 0.6) is 0 Å². The van der Waals surface area contributed by atoms with Gasteiger partial charge in [0.1, 0.15) is 0 Å². The monoisotopic (exact) mass is 207 g/mol. The number of nitrogens with one attached hydrogen (secondary N) is 1. The van der Waals surface area contributed by atoms with Gasteiger partial charge >= 0.3 is 0 Å². The fraction of sp³-hybridized carbons (Fsp3) is 0.667. The van der Waals surface area contributed by atoms with E-state index < -0.39 is 0 Å². The first-order valence-electron chi connectivity index (χ1n) is 5.45. The molecule has 3 heteroatoms. The highest BCUT2D eigenvalue weighted by molar-refractivity contribution is 6.00. The fourth-order valence-electron chi connectivity index (χ4n) is 2.38. The second kappa shape index (κ2) is 3.19. The maximum absolute atomic E-state index is 11.9. The van der Waals surface area contributed by atoms with E-state index in [1.807, 2.05) is 6.92 Å². The largest absolute Gasteiger partial charge is 0.329 e. The Morgan fingerprint density at radius 2 is 1.93 bits per heavy atom. The summed E-state index contributed by atoms with van der Waals surface area (Å²) in [5.74, 6) is 0.210. The Morgan fingerprint density at radius 3 is 2.60 bits per heavy atom. The van der Waals surface area contributed by atoms with Crippen LogP contribution in [-0.4, -0.2) is 11.7 Å². The molecule has 0 aromatic rings. The molecule has 1 amide bonds. The first kappa shape index (κ1) is 10.4. The van der Waals surface area contributed by atoms with E-state index in [9.17, 15) is 9.59 Å². The zero-order chi connectivity index (χ0) is 11.2. The summed E-state index contributed by atoms with van der Waals surface area (Å²) in [5.41, 5.74) is 1.73. The van der Waals surface area contributed by atoms with Crippen LogP contribution in [0.4, 0.5) is 0 Å². The number of hydrogen-bond donors (Lipinski definition) is 1. The normalized spacial score (nSPS) is 29.9. The highest BCUT2D eigenvalue weighted by Crippen LogP contribution is 2.39. The van der Waals surface area contributed by atoms with Gasteiger partial charge in [-0.05, 0) is 18.3 Å². The van der Waals surface area contributed by atoms with Crippen LogP contribution in [-0.2, 0) is 9.59 Å². The molecule has 1 aliphatic heterocycles. The van der Waals surface area contributed by atoms with Crippen molar-refractivity contribution in [2.45, 2.75) is 40.0 Å². The van der Waals surface area contributed by atoms with Crippen molar-refractivity contribution in [1.82, 2.24) is 5.32 Å². The number of ketones is 1. The molecule has 1 N–H and O–H groups in total. The van der Waals surface area contributed by atoms with Gasteiger partial charge < -0.3 is 5.32 Å². The van der Waals surface area contributed by atoms with E-state index >= 15 is 0 Å². The molecular weight excluding hydrogens is 190 g/mol. The van der Waals surface area contributed by atoms with Gasteiger partial charge in [0.25, 0.3) is 0 Å². The van der Waals surface area contributed by atoms with Crippen LogP contribution < -0.4 is 5.32 Å². The predicted molar refractivity (Wildman–Crippen MR) is 57.0 cm³/mol. The van der Waals surface area contributed by atoms with Crippen molar-refractivity contribution in [1.29, 1.82) is 0 Å². The summed E-state index contributed by atoms with van der Waals surface area (Å²) in [6, 6.07) is 0. The van der Waals surface area contributed by atoms with Gasteiger partial charge in [-0.25, -0.2) is 0 Å². The second-order valence-corrected chi connectivity index (χ2v) is 5.49. The van der Waals surface area contributed by atoms with Crippen LogP contribution in [0.25, 0.3) is 0 Å².